The molecule has 1 aliphatic rings. The van der Waals surface area contributed by atoms with Gasteiger partial charge in [0, 0.05) is 6.54 Å². The van der Waals surface area contributed by atoms with Crippen molar-refractivity contribution < 1.29 is 8.42 Å². The fourth-order valence-corrected chi connectivity index (χ4v) is 4.24. The van der Waals surface area contributed by atoms with Crippen LogP contribution in [0.3, 0.4) is 0 Å². The minimum absolute atomic E-state index is 0.0797. The number of imidazole rings is 1. The largest absolute Gasteiger partial charge is 0.335 e. The van der Waals surface area contributed by atoms with Crippen molar-refractivity contribution in [1.82, 2.24) is 14.3 Å². The van der Waals surface area contributed by atoms with Gasteiger partial charge in [-0.05, 0) is 25.3 Å². The first kappa shape index (κ1) is 13.3. The first-order valence-electron chi connectivity index (χ1n) is 6.66. The minimum Gasteiger partial charge on any atom is -0.335 e. The van der Waals surface area contributed by atoms with E-state index in [2.05, 4.69) is 9.97 Å². The fraction of sp³-hybridized carbons (Fsp3) is 0.357. The average Bonchev–Trinajstić information content (AvgIpc) is 3.11. The van der Waals surface area contributed by atoms with Gasteiger partial charge in [0.2, 0.25) is 0 Å². The number of hydrogen-bond acceptors (Lipinski definition) is 3. The molecule has 2 heterocycles. The molecule has 0 unspecified atom stereocenters. The van der Waals surface area contributed by atoms with Gasteiger partial charge >= 0.3 is 0 Å². The lowest BCUT2D eigenvalue weighted by molar-refractivity contribution is 0.395. The van der Waals surface area contributed by atoms with Crippen LogP contribution in [0.4, 0.5) is 0 Å². The zero-order valence-corrected chi connectivity index (χ0v) is 12.1. The van der Waals surface area contributed by atoms with Crippen molar-refractivity contribution >= 4 is 10.0 Å². The van der Waals surface area contributed by atoms with Gasteiger partial charge in [0.1, 0.15) is 0 Å². The lowest BCUT2D eigenvalue weighted by atomic mass is 10.0. The van der Waals surface area contributed by atoms with Crippen LogP contribution in [0, 0.1) is 6.92 Å². The predicted molar refractivity (Wildman–Crippen MR) is 75.6 cm³/mol. The highest BCUT2D eigenvalue weighted by molar-refractivity contribution is 7.89. The van der Waals surface area contributed by atoms with E-state index in [9.17, 15) is 8.42 Å². The van der Waals surface area contributed by atoms with Crippen molar-refractivity contribution in [3.05, 3.63) is 47.9 Å². The summed E-state index contributed by atoms with van der Waals surface area (Å²) >= 11 is 0. The monoisotopic (exact) mass is 291 g/mol. The summed E-state index contributed by atoms with van der Waals surface area (Å²) in [6.45, 7) is 2.58. The van der Waals surface area contributed by atoms with Crippen LogP contribution in [0.1, 0.15) is 30.0 Å². The molecule has 106 valence electrons. The number of H-pyrrole nitrogens is 1. The number of aromatic amines is 1. The van der Waals surface area contributed by atoms with Crippen LogP contribution in [-0.4, -0.2) is 29.2 Å². The van der Waals surface area contributed by atoms with Gasteiger partial charge in [-0.2, -0.15) is 4.31 Å². The molecule has 20 heavy (non-hydrogen) atoms. The summed E-state index contributed by atoms with van der Waals surface area (Å²) in [7, 11) is -3.49. The Morgan fingerprint density at radius 2 is 2.05 bits per heavy atom. The van der Waals surface area contributed by atoms with E-state index in [-0.39, 0.29) is 11.1 Å². The fourth-order valence-electron chi connectivity index (χ4n) is 2.66. The second kappa shape index (κ2) is 5.03. The summed E-state index contributed by atoms with van der Waals surface area (Å²) in [5, 5.41) is 0.163. The number of hydrogen-bond donors (Lipinski definition) is 1. The highest BCUT2D eigenvalue weighted by Gasteiger charge is 2.36. The Morgan fingerprint density at radius 3 is 2.70 bits per heavy atom. The molecule has 1 aromatic carbocycles. The van der Waals surface area contributed by atoms with Crippen molar-refractivity contribution in [1.29, 1.82) is 0 Å². The molecule has 1 N–H and O–H groups in total. The van der Waals surface area contributed by atoms with E-state index in [1.807, 2.05) is 31.2 Å². The highest BCUT2D eigenvalue weighted by atomic mass is 32.2. The molecule has 0 bridgehead atoms. The van der Waals surface area contributed by atoms with Gasteiger partial charge in [-0.1, -0.05) is 29.8 Å². The van der Waals surface area contributed by atoms with Crippen LogP contribution < -0.4 is 0 Å². The number of sulfonamides is 1. The van der Waals surface area contributed by atoms with Crippen molar-refractivity contribution in [3.63, 3.8) is 0 Å². The van der Waals surface area contributed by atoms with Gasteiger partial charge in [0.15, 0.2) is 5.03 Å². The Morgan fingerprint density at radius 1 is 1.30 bits per heavy atom. The van der Waals surface area contributed by atoms with Gasteiger partial charge in [-0.3, -0.25) is 0 Å². The summed E-state index contributed by atoms with van der Waals surface area (Å²) in [6, 6.07) is 7.99. The van der Waals surface area contributed by atoms with E-state index in [1.165, 1.54) is 18.1 Å². The van der Waals surface area contributed by atoms with E-state index in [0.29, 0.717) is 6.54 Å². The predicted octanol–water partition coefficient (Wildman–Crippen LogP) is 2.24. The molecule has 1 saturated heterocycles. The van der Waals surface area contributed by atoms with Crippen molar-refractivity contribution in [2.24, 2.45) is 0 Å². The smallest absolute Gasteiger partial charge is 0.260 e. The molecule has 0 aliphatic carbocycles. The topological polar surface area (TPSA) is 66.1 Å². The molecule has 2 aromatic rings. The normalized spacial score (nSPS) is 20.4. The lowest BCUT2D eigenvalue weighted by Crippen LogP contribution is -2.30. The third-order valence-corrected chi connectivity index (χ3v) is 5.56. The highest BCUT2D eigenvalue weighted by Crippen LogP contribution is 2.35. The van der Waals surface area contributed by atoms with E-state index in [4.69, 9.17) is 0 Å². The summed E-state index contributed by atoms with van der Waals surface area (Å²) in [6.07, 6.45) is 4.49. The SMILES string of the molecule is Cc1ccc([C@@H]2CCCN2S(=O)(=O)c2cnc[nH]2)cc1. The molecule has 1 aromatic heterocycles. The first-order chi connectivity index (χ1) is 9.59. The van der Waals surface area contributed by atoms with E-state index >= 15 is 0 Å². The summed E-state index contributed by atoms with van der Waals surface area (Å²) in [4.78, 5) is 6.50. The maximum absolute atomic E-state index is 12.6. The molecular weight excluding hydrogens is 274 g/mol. The summed E-state index contributed by atoms with van der Waals surface area (Å²) < 4.78 is 26.8. The van der Waals surface area contributed by atoms with Gasteiger partial charge in [0.05, 0.1) is 18.6 Å². The summed E-state index contributed by atoms with van der Waals surface area (Å²) in [5.41, 5.74) is 2.23. The average molecular weight is 291 g/mol. The quantitative estimate of drug-likeness (QED) is 0.943. The maximum Gasteiger partial charge on any atom is 0.260 e. The molecule has 1 fully saturated rings. The zero-order chi connectivity index (χ0) is 14.2. The Labute approximate surface area is 118 Å². The molecule has 0 amide bonds. The third-order valence-electron chi connectivity index (χ3n) is 3.73. The molecule has 6 heteroatoms. The molecule has 1 atom stereocenters. The Hall–Kier alpha value is -1.66. The number of nitrogens with zero attached hydrogens (tertiary/aromatic N) is 2. The zero-order valence-electron chi connectivity index (χ0n) is 11.3. The number of rotatable bonds is 3. The van der Waals surface area contributed by atoms with Gasteiger partial charge < -0.3 is 4.98 Å². The second-order valence-corrected chi connectivity index (χ2v) is 6.96. The van der Waals surface area contributed by atoms with Crippen molar-refractivity contribution in [3.8, 4) is 0 Å². The molecular formula is C14H17N3O2S. The van der Waals surface area contributed by atoms with Crippen molar-refractivity contribution in [2.75, 3.05) is 6.54 Å². The van der Waals surface area contributed by atoms with Crippen LogP contribution >= 0.6 is 0 Å². The Kier molecular flexibility index (Phi) is 3.35. The lowest BCUT2D eigenvalue weighted by Gasteiger charge is -2.23. The number of benzene rings is 1. The molecule has 0 radical (unpaired) electrons. The first-order valence-corrected chi connectivity index (χ1v) is 8.10. The molecule has 1 aliphatic heterocycles. The number of nitrogens with one attached hydrogen (secondary N) is 1. The van der Waals surface area contributed by atoms with Gasteiger partial charge in [0.25, 0.3) is 10.0 Å². The van der Waals surface area contributed by atoms with Crippen molar-refractivity contribution in [2.45, 2.75) is 30.8 Å². The Balaban J connectivity index is 1.95. The van der Waals surface area contributed by atoms with Crippen LogP contribution in [0.5, 0.6) is 0 Å². The van der Waals surface area contributed by atoms with E-state index < -0.39 is 10.0 Å². The van der Waals surface area contributed by atoms with Crippen LogP contribution in [0.25, 0.3) is 0 Å². The second-order valence-electron chi connectivity index (χ2n) is 5.10. The number of aromatic nitrogens is 2. The third kappa shape index (κ3) is 2.25. The molecule has 0 saturated carbocycles. The minimum atomic E-state index is -3.49. The van der Waals surface area contributed by atoms with Crippen LogP contribution in [-0.2, 0) is 10.0 Å². The van der Waals surface area contributed by atoms with Crippen LogP contribution in [0.15, 0.2) is 41.8 Å². The molecule has 0 spiro atoms. The van der Waals surface area contributed by atoms with Gasteiger partial charge in [-0.15, -0.1) is 0 Å². The number of aryl methyl sites for hydroxylation is 1. The molecule has 3 rings (SSSR count). The van der Waals surface area contributed by atoms with Gasteiger partial charge in [-0.25, -0.2) is 13.4 Å². The summed E-state index contributed by atoms with van der Waals surface area (Å²) in [5.74, 6) is 0. The standard InChI is InChI=1S/C14H17N3O2S/c1-11-4-6-12(7-5-11)13-3-2-8-17(13)20(18,19)14-9-15-10-16-14/h4-7,9-10,13H,2-3,8H2,1H3,(H,15,16)/t13-/m0/s1. The molecule has 5 nitrogen and oxygen atoms in total. The van der Waals surface area contributed by atoms with Crippen LogP contribution in [0.2, 0.25) is 0 Å². The van der Waals surface area contributed by atoms with E-state index in [1.54, 1.807) is 4.31 Å². The maximum atomic E-state index is 12.6. The van der Waals surface area contributed by atoms with E-state index in [0.717, 1.165) is 18.4 Å². The Bertz CT molecular complexity index is 678.